The molecular weight excluding hydrogens is 809 g/mol. The molecule has 5 aromatic carbocycles. The van der Waals surface area contributed by atoms with Gasteiger partial charge in [0.05, 0.1) is 31.6 Å². The molecule has 0 radical (unpaired) electrons. The van der Waals surface area contributed by atoms with E-state index >= 15 is 0 Å². The Morgan fingerprint density at radius 2 is 1.25 bits per heavy atom. The van der Waals surface area contributed by atoms with Gasteiger partial charge in [-0.15, -0.1) is 0 Å². The summed E-state index contributed by atoms with van der Waals surface area (Å²) in [5.74, 6) is 1.39. The molecule has 0 aromatic heterocycles. The Bertz CT molecular complexity index is 2230. The summed E-state index contributed by atoms with van der Waals surface area (Å²) in [4.78, 5) is 12.0. The van der Waals surface area contributed by atoms with E-state index in [9.17, 15) is 4.79 Å². The average molecular weight is 879 g/mol. The monoisotopic (exact) mass is 879 g/mol. The summed E-state index contributed by atoms with van der Waals surface area (Å²) < 4.78 is 27.6. The second-order valence-electron chi connectivity index (χ2n) is 16.5. The number of methoxy groups -OCH3 is 1. The fraction of sp³-hybridized carbons (Fsp3) is 0.386. The molecule has 0 unspecified atom stereocenters. The number of benzene rings is 5. The molecular formula is C57H70N2O6. The van der Waals surface area contributed by atoms with Crippen molar-refractivity contribution >= 4 is 24.0 Å². The maximum absolute atomic E-state index is 12.0. The summed E-state index contributed by atoms with van der Waals surface area (Å²) in [5.41, 5.74) is 12.8. The fourth-order valence-electron chi connectivity index (χ4n) is 7.65. The first kappa shape index (κ1) is 50.2. The van der Waals surface area contributed by atoms with Gasteiger partial charge in [-0.3, -0.25) is 5.41 Å². The van der Waals surface area contributed by atoms with Crippen molar-refractivity contribution in [3.8, 4) is 22.6 Å². The van der Waals surface area contributed by atoms with Crippen LogP contribution in [0.1, 0.15) is 127 Å². The third-order valence-electron chi connectivity index (χ3n) is 11.4. The van der Waals surface area contributed by atoms with Crippen LogP contribution in [0, 0.1) is 17.7 Å². The van der Waals surface area contributed by atoms with E-state index < -0.39 is 0 Å². The number of nitrogens with one attached hydrogen (secondary N) is 2. The zero-order valence-electron chi connectivity index (χ0n) is 39.2. The largest absolute Gasteiger partial charge is 0.496 e. The van der Waals surface area contributed by atoms with Crippen molar-refractivity contribution in [2.45, 2.75) is 97.8 Å². The van der Waals surface area contributed by atoms with Gasteiger partial charge >= 0.3 is 5.97 Å². The number of fused-ring (bicyclic) bond motifs is 3. The first-order valence-corrected chi connectivity index (χ1v) is 23.6. The van der Waals surface area contributed by atoms with E-state index in [-0.39, 0.29) is 5.97 Å². The van der Waals surface area contributed by atoms with Crippen molar-refractivity contribution in [2.75, 3.05) is 46.8 Å². The van der Waals surface area contributed by atoms with Crippen molar-refractivity contribution in [1.82, 2.24) is 0 Å². The molecule has 0 atom stereocenters. The van der Waals surface area contributed by atoms with Gasteiger partial charge in [0.15, 0.2) is 0 Å². The molecule has 1 saturated carbocycles. The lowest BCUT2D eigenvalue weighted by atomic mass is 9.90. The minimum absolute atomic E-state index is 0.305. The third kappa shape index (κ3) is 16.3. The van der Waals surface area contributed by atoms with E-state index in [1.807, 2.05) is 78.9 Å². The van der Waals surface area contributed by atoms with Crippen molar-refractivity contribution in [2.24, 2.45) is 0 Å². The third-order valence-corrected chi connectivity index (χ3v) is 11.4. The van der Waals surface area contributed by atoms with Gasteiger partial charge < -0.3 is 29.1 Å². The highest BCUT2D eigenvalue weighted by molar-refractivity contribution is 6.22. The highest BCUT2D eigenvalue weighted by atomic mass is 16.5. The summed E-state index contributed by atoms with van der Waals surface area (Å²) in [6.07, 6.45) is 16.9. The molecule has 5 aromatic rings. The fourth-order valence-corrected chi connectivity index (χ4v) is 7.65. The van der Waals surface area contributed by atoms with Crippen LogP contribution >= 0.6 is 0 Å². The quantitative estimate of drug-likeness (QED) is 0.0377. The van der Waals surface area contributed by atoms with Crippen LogP contribution in [0.25, 0.3) is 17.2 Å². The number of esters is 1. The van der Waals surface area contributed by atoms with Crippen LogP contribution in [0.3, 0.4) is 0 Å². The predicted molar refractivity (Wildman–Crippen MR) is 267 cm³/mol. The molecule has 65 heavy (non-hydrogen) atoms. The van der Waals surface area contributed by atoms with Gasteiger partial charge in [0.25, 0.3) is 0 Å². The van der Waals surface area contributed by atoms with Crippen molar-refractivity contribution in [3.63, 3.8) is 0 Å². The molecule has 0 heterocycles. The molecule has 7 rings (SSSR count). The van der Waals surface area contributed by atoms with Crippen LogP contribution in [-0.4, -0.2) is 64.6 Å². The van der Waals surface area contributed by atoms with E-state index in [4.69, 9.17) is 34.5 Å². The number of hydrogen-bond donors (Lipinski definition) is 2. The number of allylic oxidation sites excluding steroid dienone is 1. The molecule has 0 saturated heterocycles. The molecule has 1 fully saturated rings. The van der Waals surface area contributed by atoms with Gasteiger partial charge in [-0.2, -0.15) is 0 Å². The van der Waals surface area contributed by atoms with Crippen LogP contribution in [0.2, 0.25) is 0 Å². The lowest BCUT2D eigenvalue weighted by Gasteiger charge is -2.16. The summed E-state index contributed by atoms with van der Waals surface area (Å²) in [7, 11) is 1.58. The van der Waals surface area contributed by atoms with E-state index in [1.54, 1.807) is 12.7 Å². The number of ether oxygens (including phenoxy) is 5. The van der Waals surface area contributed by atoms with Crippen LogP contribution in [0.15, 0.2) is 115 Å². The maximum atomic E-state index is 12.0. The Hall–Kier alpha value is -5.83. The second-order valence-corrected chi connectivity index (χ2v) is 16.5. The number of hydrogen-bond acceptors (Lipinski definition) is 8. The number of unbranched alkanes of at least 4 members (excludes halogenated alkanes) is 3. The predicted octanol–water partition coefficient (Wildman–Crippen LogP) is 13.5. The Balaban J connectivity index is 0.000000191. The van der Waals surface area contributed by atoms with Crippen LogP contribution in [-0.2, 0) is 27.1 Å². The van der Waals surface area contributed by atoms with E-state index in [0.29, 0.717) is 35.6 Å². The lowest BCUT2D eigenvalue weighted by molar-refractivity contribution is 0.0509. The van der Waals surface area contributed by atoms with Gasteiger partial charge in [-0.25, -0.2) is 4.79 Å². The lowest BCUT2D eigenvalue weighted by Crippen LogP contribution is -2.08. The first-order valence-electron chi connectivity index (χ1n) is 23.6. The van der Waals surface area contributed by atoms with Gasteiger partial charge in [0.2, 0.25) is 0 Å². The zero-order valence-corrected chi connectivity index (χ0v) is 39.2. The number of carbonyl (C=O) groups is 1. The SMILES string of the molecule is CCCOCCCOCCCCCCOc1ccc(C=C2CCC2)cc1C.CCCc1ccc(C(=O)OCCc2ccc(OC)c(C=N)c2)cc1.N=C1c2ccccc2-c2ccccc21. The molecule has 344 valence electrons. The summed E-state index contributed by atoms with van der Waals surface area (Å²) >= 11 is 0. The number of aryl methyl sites for hydroxylation is 2. The Labute approximate surface area is 388 Å². The smallest absolute Gasteiger partial charge is 0.338 e. The molecule has 0 bridgehead atoms. The molecule has 2 aliphatic rings. The molecule has 0 amide bonds. The molecule has 8 heteroatoms. The standard InChI is InChI=1S/C24H38O3.C20H23NO3.C13H9N/c1-3-14-25-16-9-17-26-15-6-4-5-7-18-27-24-13-12-23(19-21(24)2)20-22-10-8-11-22;1-3-4-15-5-8-17(9-6-15)20(22)24-12-11-16-7-10-19(23-2)18(13-16)14-21;14-13-11-7-3-1-5-9(11)10-6-2-4-8-12(10)13/h12-13,19-20H,3-11,14-18H2,1-2H3;5-10,13-14,21H,3-4,11-12H2,1-2H3;1-8,14H. The minimum atomic E-state index is -0.307. The summed E-state index contributed by atoms with van der Waals surface area (Å²) in [6, 6.07) is 35.9. The second kappa shape index (κ2) is 28.2. The van der Waals surface area contributed by atoms with Gasteiger partial charge in [0, 0.05) is 55.8 Å². The Kier molecular flexibility index (Phi) is 21.7. The summed E-state index contributed by atoms with van der Waals surface area (Å²) in [5, 5.41) is 15.4. The first-order chi connectivity index (χ1) is 31.8. The minimum Gasteiger partial charge on any atom is -0.496 e. The van der Waals surface area contributed by atoms with E-state index in [0.717, 1.165) is 94.0 Å². The molecule has 8 nitrogen and oxygen atoms in total. The van der Waals surface area contributed by atoms with Crippen molar-refractivity contribution < 1.29 is 28.5 Å². The number of rotatable bonds is 23. The van der Waals surface area contributed by atoms with E-state index in [2.05, 4.69) is 57.2 Å². The van der Waals surface area contributed by atoms with Crippen molar-refractivity contribution in [3.05, 3.63) is 159 Å². The maximum Gasteiger partial charge on any atom is 0.338 e. The Morgan fingerprint density at radius 3 is 1.85 bits per heavy atom. The normalized spacial score (nSPS) is 12.1. The van der Waals surface area contributed by atoms with E-state index in [1.165, 1.54) is 66.1 Å². The van der Waals surface area contributed by atoms with Gasteiger partial charge in [-0.1, -0.05) is 111 Å². The topological polar surface area (TPSA) is 111 Å². The highest BCUT2D eigenvalue weighted by Gasteiger charge is 2.22. The zero-order chi connectivity index (χ0) is 46.1. The molecule has 2 aliphatic carbocycles. The molecule has 2 N–H and O–H groups in total. The average Bonchev–Trinajstić information content (AvgIpc) is 3.61. The van der Waals surface area contributed by atoms with Crippen LogP contribution in [0.4, 0.5) is 0 Å². The summed E-state index contributed by atoms with van der Waals surface area (Å²) in [6.45, 7) is 10.9. The number of carbonyl (C=O) groups excluding carboxylic acids is 1. The van der Waals surface area contributed by atoms with Crippen LogP contribution < -0.4 is 9.47 Å². The van der Waals surface area contributed by atoms with Crippen molar-refractivity contribution in [1.29, 1.82) is 10.8 Å². The van der Waals surface area contributed by atoms with Gasteiger partial charge in [-0.05, 0) is 134 Å². The molecule has 0 aliphatic heterocycles. The van der Waals surface area contributed by atoms with Gasteiger partial charge in [0.1, 0.15) is 11.5 Å². The van der Waals surface area contributed by atoms with Crippen LogP contribution in [0.5, 0.6) is 11.5 Å². The Morgan fingerprint density at radius 1 is 0.631 bits per heavy atom. The molecule has 0 spiro atoms. The highest BCUT2D eigenvalue weighted by Crippen LogP contribution is 2.35.